The molecule has 3 aromatic carbocycles. The summed E-state index contributed by atoms with van der Waals surface area (Å²) in [5.74, 6) is 0.0182. The molecule has 0 aromatic heterocycles. The maximum Gasteiger partial charge on any atom is 0.243 e. The molecule has 0 spiro atoms. The lowest BCUT2D eigenvalue weighted by Crippen LogP contribution is -2.51. The predicted octanol–water partition coefficient (Wildman–Crippen LogP) is 5.95. The van der Waals surface area contributed by atoms with Gasteiger partial charge >= 0.3 is 0 Å². The van der Waals surface area contributed by atoms with E-state index in [4.69, 9.17) is 23.2 Å². The Hall–Kier alpha value is -2.82. The van der Waals surface area contributed by atoms with Crippen molar-refractivity contribution < 1.29 is 9.59 Å². The topological polar surface area (TPSA) is 49.4 Å². The fourth-order valence-electron chi connectivity index (χ4n) is 3.64. The summed E-state index contributed by atoms with van der Waals surface area (Å²) in [7, 11) is 0. The molecule has 0 heterocycles. The second kappa shape index (κ2) is 12.6. The van der Waals surface area contributed by atoms with Gasteiger partial charge in [-0.05, 0) is 46.9 Å². The zero-order valence-corrected chi connectivity index (χ0v) is 21.0. The van der Waals surface area contributed by atoms with Crippen molar-refractivity contribution in [3.63, 3.8) is 0 Å². The lowest BCUT2D eigenvalue weighted by Gasteiger charge is -2.32. The van der Waals surface area contributed by atoms with E-state index in [0.717, 1.165) is 16.7 Å². The van der Waals surface area contributed by atoms with Crippen molar-refractivity contribution in [2.24, 2.45) is 5.92 Å². The lowest BCUT2D eigenvalue weighted by atomic mass is 10.0. The number of nitrogens with zero attached hydrogens (tertiary/aromatic N) is 1. The Balaban J connectivity index is 1.93. The number of benzene rings is 3. The molecular weight excluding hydrogens is 467 g/mol. The molecule has 1 atom stereocenters. The molecule has 178 valence electrons. The number of halogens is 2. The van der Waals surface area contributed by atoms with Gasteiger partial charge in [0.2, 0.25) is 11.8 Å². The normalized spacial score (nSPS) is 11.8. The van der Waals surface area contributed by atoms with E-state index in [0.29, 0.717) is 35.5 Å². The summed E-state index contributed by atoms with van der Waals surface area (Å²) in [4.78, 5) is 28.7. The van der Waals surface area contributed by atoms with Gasteiger partial charge in [-0.3, -0.25) is 9.59 Å². The molecule has 0 fully saturated rings. The van der Waals surface area contributed by atoms with Gasteiger partial charge in [0.15, 0.2) is 0 Å². The molecule has 0 radical (unpaired) electrons. The van der Waals surface area contributed by atoms with E-state index in [1.165, 1.54) is 0 Å². The smallest absolute Gasteiger partial charge is 0.243 e. The molecule has 0 saturated carbocycles. The average molecular weight is 497 g/mol. The van der Waals surface area contributed by atoms with Gasteiger partial charge in [0.05, 0.1) is 6.42 Å². The number of carbonyl (C=O) groups is 2. The summed E-state index contributed by atoms with van der Waals surface area (Å²) in [5, 5.41) is 4.27. The maximum atomic E-state index is 13.6. The van der Waals surface area contributed by atoms with Gasteiger partial charge in [-0.2, -0.15) is 0 Å². The maximum absolute atomic E-state index is 13.6. The summed E-state index contributed by atoms with van der Waals surface area (Å²) >= 11 is 12.1. The number of nitrogens with one attached hydrogen (secondary N) is 1. The van der Waals surface area contributed by atoms with Crippen LogP contribution < -0.4 is 5.32 Å². The van der Waals surface area contributed by atoms with Crippen LogP contribution in [0.4, 0.5) is 0 Å². The Morgan fingerprint density at radius 3 is 1.91 bits per heavy atom. The fourth-order valence-corrected chi connectivity index (χ4v) is 3.89. The number of carbonyl (C=O) groups excluding carboxylic acids is 2. The molecular formula is C28H30Cl2N2O2. The Labute approximate surface area is 211 Å². The molecule has 0 aliphatic rings. The molecule has 4 nitrogen and oxygen atoms in total. The van der Waals surface area contributed by atoms with Gasteiger partial charge in [-0.25, -0.2) is 0 Å². The molecule has 3 aromatic rings. The first-order valence-electron chi connectivity index (χ1n) is 11.4. The third-order valence-corrected chi connectivity index (χ3v) is 5.99. The quantitative estimate of drug-likeness (QED) is 0.377. The van der Waals surface area contributed by atoms with Gasteiger partial charge in [0.25, 0.3) is 0 Å². The van der Waals surface area contributed by atoms with Crippen molar-refractivity contribution in [2.45, 2.75) is 39.3 Å². The highest BCUT2D eigenvalue weighted by Gasteiger charge is 2.30. The average Bonchev–Trinajstić information content (AvgIpc) is 2.83. The zero-order chi connectivity index (χ0) is 24.5. The third kappa shape index (κ3) is 7.89. The number of rotatable bonds is 10. The van der Waals surface area contributed by atoms with Gasteiger partial charge in [-0.15, -0.1) is 0 Å². The number of hydrogen-bond acceptors (Lipinski definition) is 2. The summed E-state index contributed by atoms with van der Waals surface area (Å²) in [5.41, 5.74) is 2.74. The first-order valence-corrected chi connectivity index (χ1v) is 12.2. The summed E-state index contributed by atoms with van der Waals surface area (Å²) in [6.45, 7) is 4.94. The number of hydrogen-bond donors (Lipinski definition) is 1. The highest BCUT2D eigenvalue weighted by Crippen LogP contribution is 2.19. The first kappa shape index (κ1) is 25.8. The van der Waals surface area contributed by atoms with Crippen LogP contribution in [0.2, 0.25) is 10.0 Å². The van der Waals surface area contributed by atoms with Gasteiger partial charge in [0.1, 0.15) is 6.04 Å². The summed E-state index contributed by atoms with van der Waals surface area (Å²) in [6.07, 6.45) is 0.595. The summed E-state index contributed by atoms with van der Waals surface area (Å²) < 4.78 is 0. The second-order valence-corrected chi connectivity index (χ2v) is 9.67. The molecule has 2 amide bonds. The summed E-state index contributed by atoms with van der Waals surface area (Å²) in [6, 6.07) is 23.7. The van der Waals surface area contributed by atoms with Gasteiger partial charge in [-0.1, -0.05) is 91.6 Å². The van der Waals surface area contributed by atoms with E-state index in [2.05, 4.69) is 5.32 Å². The predicted molar refractivity (Wildman–Crippen MR) is 139 cm³/mol. The Morgan fingerprint density at radius 1 is 0.794 bits per heavy atom. The zero-order valence-electron chi connectivity index (χ0n) is 19.5. The highest BCUT2D eigenvalue weighted by atomic mass is 35.5. The minimum atomic E-state index is -0.656. The van der Waals surface area contributed by atoms with Crippen molar-refractivity contribution in [3.8, 4) is 0 Å². The van der Waals surface area contributed by atoms with Crippen LogP contribution in [-0.2, 0) is 29.0 Å². The highest BCUT2D eigenvalue weighted by molar-refractivity contribution is 6.30. The van der Waals surface area contributed by atoms with Gasteiger partial charge in [0, 0.05) is 29.6 Å². The van der Waals surface area contributed by atoms with Crippen LogP contribution in [0.15, 0.2) is 78.9 Å². The van der Waals surface area contributed by atoms with Crippen LogP contribution in [0.3, 0.4) is 0 Å². The van der Waals surface area contributed by atoms with Crippen LogP contribution in [0.25, 0.3) is 0 Å². The van der Waals surface area contributed by atoms with E-state index >= 15 is 0 Å². The van der Waals surface area contributed by atoms with Crippen LogP contribution in [-0.4, -0.2) is 29.3 Å². The minimum Gasteiger partial charge on any atom is -0.354 e. The molecule has 0 bridgehead atoms. The molecule has 34 heavy (non-hydrogen) atoms. The second-order valence-electron chi connectivity index (χ2n) is 8.80. The van der Waals surface area contributed by atoms with Crippen molar-refractivity contribution in [3.05, 3.63) is 106 Å². The number of amides is 2. The molecule has 6 heteroatoms. The van der Waals surface area contributed by atoms with Crippen LogP contribution >= 0.6 is 23.2 Å². The standard InChI is InChI=1S/C28H30Cl2N2O2/c1-20(2)18-31-28(34)26(16-21-6-4-3-5-7-21)32(19-23-10-14-25(30)15-11-23)27(33)17-22-8-12-24(29)13-9-22/h3-15,20,26H,16-19H2,1-2H3,(H,31,34)/t26-/m1/s1. The fraction of sp³-hybridized carbons (Fsp3) is 0.286. The molecule has 1 N–H and O–H groups in total. The van der Waals surface area contributed by atoms with Crippen molar-refractivity contribution in [1.29, 1.82) is 0 Å². The Kier molecular flexibility index (Phi) is 9.55. The van der Waals surface area contributed by atoms with E-state index in [-0.39, 0.29) is 18.2 Å². The van der Waals surface area contributed by atoms with Crippen molar-refractivity contribution >= 4 is 35.0 Å². The van der Waals surface area contributed by atoms with Gasteiger partial charge < -0.3 is 10.2 Å². The molecule has 3 rings (SSSR count). The molecule has 0 aliphatic carbocycles. The molecule has 0 unspecified atom stereocenters. The Bertz CT molecular complexity index is 1070. The first-order chi connectivity index (χ1) is 16.3. The van der Waals surface area contributed by atoms with E-state index < -0.39 is 6.04 Å². The van der Waals surface area contributed by atoms with Crippen molar-refractivity contribution in [2.75, 3.05) is 6.54 Å². The van der Waals surface area contributed by atoms with E-state index in [1.54, 1.807) is 29.2 Å². The van der Waals surface area contributed by atoms with Crippen LogP contribution in [0.5, 0.6) is 0 Å². The SMILES string of the molecule is CC(C)CNC(=O)[C@@H](Cc1ccccc1)N(Cc1ccc(Cl)cc1)C(=O)Cc1ccc(Cl)cc1. The largest absolute Gasteiger partial charge is 0.354 e. The van der Waals surface area contributed by atoms with Crippen LogP contribution in [0.1, 0.15) is 30.5 Å². The Morgan fingerprint density at radius 2 is 1.35 bits per heavy atom. The third-order valence-electron chi connectivity index (χ3n) is 5.49. The molecule has 0 saturated heterocycles. The van der Waals surface area contributed by atoms with E-state index in [1.807, 2.05) is 68.4 Å². The van der Waals surface area contributed by atoms with Crippen molar-refractivity contribution in [1.82, 2.24) is 10.2 Å². The van der Waals surface area contributed by atoms with Crippen LogP contribution in [0, 0.1) is 5.92 Å². The van der Waals surface area contributed by atoms with E-state index in [9.17, 15) is 9.59 Å². The molecule has 0 aliphatic heterocycles. The minimum absolute atomic E-state index is 0.127. The lowest BCUT2D eigenvalue weighted by molar-refractivity contribution is -0.140. The monoisotopic (exact) mass is 496 g/mol.